The highest BCUT2D eigenvalue weighted by Gasteiger charge is 2.27. The first-order valence-corrected chi connectivity index (χ1v) is 10.3. The second kappa shape index (κ2) is 7.80. The second-order valence-corrected chi connectivity index (χ2v) is 8.50. The summed E-state index contributed by atoms with van der Waals surface area (Å²) in [6.45, 7) is 4.91. The van der Waals surface area contributed by atoms with Crippen LogP contribution in [0.2, 0.25) is 0 Å². The van der Waals surface area contributed by atoms with Crippen LogP contribution in [0.5, 0.6) is 0 Å². The average molecular weight is 388 g/mol. The van der Waals surface area contributed by atoms with Crippen molar-refractivity contribution in [1.29, 1.82) is 0 Å². The highest BCUT2D eigenvalue weighted by Crippen LogP contribution is 2.25. The molecule has 0 aliphatic carbocycles. The molecule has 7 heteroatoms. The van der Waals surface area contributed by atoms with Gasteiger partial charge in [0.15, 0.2) is 0 Å². The van der Waals surface area contributed by atoms with Gasteiger partial charge in [-0.3, -0.25) is 4.79 Å². The van der Waals surface area contributed by atoms with Gasteiger partial charge in [-0.15, -0.1) is 0 Å². The number of rotatable bonds is 4. The molecule has 1 fully saturated rings. The second-order valence-electron chi connectivity index (χ2n) is 6.65. The Bertz CT molecular complexity index is 942. The van der Waals surface area contributed by atoms with Gasteiger partial charge in [0, 0.05) is 12.1 Å². The van der Waals surface area contributed by atoms with Gasteiger partial charge in [-0.25, -0.2) is 13.1 Å². The van der Waals surface area contributed by atoms with Gasteiger partial charge >= 0.3 is 0 Å². The van der Waals surface area contributed by atoms with Crippen LogP contribution < -0.4 is 4.72 Å². The number of hydrogen-bond acceptors (Lipinski definition) is 4. The van der Waals surface area contributed by atoms with Crippen LogP contribution >= 0.6 is 0 Å². The van der Waals surface area contributed by atoms with Crippen LogP contribution in [0.4, 0.5) is 0 Å². The Hall–Kier alpha value is -2.22. The number of nitrogens with zero attached hydrogens (tertiary/aromatic N) is 1. The fraction of sp³-hybridized carbons (Fsp3) is 0.350. The van der Waals surface area contributed by atoms with Gasteiger partial charge in [0.1, 0.15) is 6.10 Å². The summed E-state index contributed by atoms with van der Waals surface area (Å²) in [6, 6.07) is 13.0. The van der Waals surface area contributed by atoms with E-state index in [1.165, 1.54) is 13.1 Å². The van der Waals surface area contributed by atoms with Gasteiger partial charge in [0.25, 0.3) is 5.91 Å². The Kier molecular flexibility index (Phi) is 5.64. The minimum atomic E-state index is -3.64. The Balaban J connectivity index is 1.89. The summed E-state index contributed by atoms with van der Waals surface area (Å²) in [7, 11) is -2.27. The van der Waals surface area contributed by atoms with Gasteiger partial charge < -0.3 is 9.64 Å². The molecule has 27 heavy (non-hydrogen) atoms. The quantitative estimate of drug-likeness (QED) is 0.873. The van der Waals surface area contributed by atoms with Crippen LogP contribution in [-0.4, -0.2) is 46.0 Å². The topological polar surface area (TPSA) is 75.7 Å². The minimum Gasteiger partial charge on any atom is -0.370 e. The summed E-state index contributed by atoms with van der Waals surface area (Å²) in [5, 5.41) is 0. The van der Waals surface area contributed by atoms with Gasteiger partial charge in [-0.2, -0.15) is 0 Å². The number of carbonyl (C=O) groups is 1. The Morgan fingerprint density at radius 1 is 1.19 bits per heavy atom. The molecule has 0 aromatic heterocycles. The van der Waals surface area contributed by atoms with E-state index in [1.807, 2.05) is 37.3 Å². The summed E-state index contributed by atoms with van der Waals surface area (Å²) in [5.74, 6) is -0.185. The number of morpholine rings is 1. The van der Waals surface area contributed by atoms with Gasteiger partial charge in [-0.05, 0) is 49.7 Å². The van der Waals surface area contributed by atoms with Crippen molar-refractivity contribution in [2.24, 2.45) is 0 Å². The predicted octanol–water partition coefficient (Wildman–Crippen LogP) is 2.43. The molecule has 0 radical (unpaired) electrons. The first kappa shape index (κ1) is 19.5. The average Bonchev–Trinajstić information content (AvgIpc) is 2.70. The molecule has 1 saturated heterocycles. The minimum absolute atomic E-state index is 0.140. The molecule has 1 aliphatic heterocycles. The standard InChI is InChI=1S/C20H24N2O4S/c1-14-11-17(12-19(15(14)2)27(24,25)21-3)20(23)22-9-10-26-18(13-22)16-7-5-4-6-8-16/h4-8,11-12,18,21H,9-10,13H2,1-3H3. The Morgan fingerprint density at radius 2 is 1.89 bits per heavy atom. The predicted molar refractivity (Wildman–Crippen MR) is 103 cm³/mol. The molecule has 3 rings (SSSR count). The lowest BCUT2D eigenvalue weighted by atomic mass is 10.0. The summed E-state index contributed by atoms with van der Waals surface area (Å²) in [5.41, 5.74) is 2.81. The summed E-state index contributed by atoms with van der Waals surface area (Å²) >= 11 is 0. The molecule has 1 N–H and O–H groups in total. The largest absolute Gasteiger partial charge is 0.370 e. The normalized spacial score (nSPS) is 17.7. The lowest BCUT2D eigenvalue weighted by Gasteiger charge is -2.33. The zero-order chi connectivity index (χ0) is 19.6. The molecule has 1 aliphatic rings. The van der Waals surface area contributed by atoms with E-state index < -0.39 is 10.0 Å². The van der Waals surface area contributed by atoms with E-state index in [4.69, 9.17) is 4.74 Å². The number of sulfonamides is 1. The van der Waals surface area contributed by atoms with E-state index in [-0.39, 0.29) is 16.9 Å². The molecule has 0 spiro atoms. The molecule has 1 heterocycles. The number of ether oxygens (including phenoxy) is 1. The van der Waals surface area contributed by atoms with Gasteiger partial charge in [0.05, 0.1) is 18.0 Å². The van der Waals surface area contributed by atoms with Crippen LogP contribution in [0.25, 0.3) is 0 Å². The molecule has 144 valence electrons. The highest BCUT2D eigenvalue weighted by atomic mass is 32.2. The van der Waals surface area contributed by atoms with Crippen LogP contribution in [0, 0.1) is 13.8 Å². The molecule has 1 atom stereocenters. The van der Waals surface area contributed by atoms with E-state index in [1.54, 1.807) is 17.9 Å². The fourth-order valence-electron chi connectivity index (χ4n) is 3.23. The Labute approximate surface area is 160 Å². The van der Waals surface area contributed by atoms with Crippen molar-refractivity contribution in [2.45, 2.75) is 24.8 Å². The smallest absolute Gasteiger partial charge is 0.254 e. The third kappa shape index (κ3) is 4.05. The van der Waals surface area contributed by atoms with Crippen molar-refractivity contribution in [3.05, 3.63) is 64.7 Å². The SMILES string of the molecule is CNS(=O)(=O)c1cc(C(=O)N2CCOC(c3ccccc3)C2)cc(C)c1C. The molecular formula is C20H24N2O4S. The van der Waals surface area contributed by atoms with E-state index in [2.05, 4.69) is 4.72 Å². The van der Waals surface area contributed by atoms with Crippen molar-refractivity contribution >= 4 is 15.9 Å². The van der Waals surface area contributed by atoms with Crippen molar-refractivity contribution < 1.29 is 17.9 Å². The van der Waals surface area contributed by atoms with Crippen molar-refractivity contribution in [3.8, 4) is 0 Å². The van der Waals surface area contributed by atoms with Crippen molar-refractivity contribution in [1.82, 2.24) is 9.62 Å². The summed E-state index contributed by atoms with van der Waals surface area (Å²) in [6.07, 6.45) is -0.184. The van der Waals surface area contributed by atoms with Crippen LogP contribution in [0.3, 0.4) is 0 Å². The molecule has 1 amide bonds. The van der Waals surface area contributed by atoms with Crippen molar-refractivity contribution in [2.75, 3.05) is 26.7 Å². The van der Waals surface area contributed by atoms with Gasteiger partial charge in [-0.1, -0.05) is 30.3 Å². The first-order chi connectivity index (χ1) is 12.8. The monoisotopic (exact) mass is 388 g/mol. The van der Waals surface area contributed by atoms with Crippen LogP contribution in [0.15, 0.2) is 47.4 Å². The molecular weight excluding hydrogens is 364 g/mol. The first-order valence-electron chi connectivity index (χ1n) is 8.84. The zero-order valence-electron chi connectivity index (χ0n) is 15.7. The number of nitrogens with one attached hydrogen (secondary N) is 1. The maximum absolute atomic E-state index is 13.1. The fourth-order valence-corrected chi connectivity index (χ4v) is 4.29. The van der Waals surface area contributed by atoms with E-state index >= 15 is 0 Å². The third-order valence-electron chi connectivity index (χ3n) is 4.95. The van der Waals surface area contributed by atoms with Crippen LogP contribution in [0.1, 0.15) is 33.2 Å². The van der Waals surface area contributed by atoms with E-state index in [9.17, 15) is 13.2 Å². The molecule has 2 aromatic carbocycles. The lowest BCUT2D eigenvalue weighted by molar-refractivity contribution is -0.0228. The maximum atomic E-state index is 13.1. The van der Waals surface area contributed by atoms with Crippen molar-refractivity contribution in [3.63, 3.8) is 0 Å². The Morgan fingerprint density at radius 3 is 2.56 bits per heavy atom. The van der Waals surface area contributed by atoms with E-state index in [0.29, 0.717) is 30.8 Å². The van der Waals surface area contributed by atoms with Crippen LogP contribution in [-0.2, 0) is 14.8 Å². The summed E-state index contributed by atoms with van der Waals surface area (Å²) < 4.78 is 32.8. The number of carbonyl (C=O) groups excluding carboxylic acids is 1. The lowest BCUT2D eigenvalue weighted by Crippen LogP contribution is -2.42. The zero-order valence-corrected chi connectivity index (χ0v) is 16.5. The molecule has 2 aromatic rings. The highest BCUT2D eigenvalue weighted by molar-refractivity contribution is 7.89. The molecule has 0 bridgehead atoms. The maximum Gasteiger partial charge on any atom is 0.254 e. The third-order valence-corrected chi connectivity index (χ3v) is 6.49. The molecule has 6 nitrogen and oxygen atoms in total. The number of amides is 1. The van der Waals surface area contributed by atoms with E-state index in [0.717, 1.165) is 11.1 Å². The number of aryl methyl sites for hydroxylation is 1. The number of hydrogen-bond donors (Lipinski definition) is 1. The number of benzene rings is 2. The summed E-state index contributed by atoms with van der Waals surface area (Å²) in [4.78, 5) is 14.9. The molecule has 1 unspecified atom stereocenters. The van der Waals surface area contributed by atoms with Gasteiger partial charge in [0.2, 0.25) is 10.0 Å². The molecule has 0 saturated carbocycles.